The van der Waals surface area contributed by atoms with Gasteiger partial charge in [-0.2, -0.15) is 0 Å². The van der Waals surface area contributed by atoms with Crippen molar-refractivity contribution in [1.82, 2.24) is 10.2 Å². The van der Waals surface area contributed by atoms with E-state index in [4.69, 9.17) is 9.47 Å². The Balaban J connectivity index is 2.16. The maximum atomic E-state index is 5.29. The summed E-state index contributed by atoms with van der Waals surface area (Å²) in [4.78, 5) is 0. The second-order valence-electron chi connectivity index (χ2n) is 3.41. The number of benzene rings is 1. The van der Waals surface area contributed by atoms with Crippen LogP contribution in [-0.4, -0.2) is 24.4 Å². The van der Waals surface area contributed by atoms with E-state index >= 15 is 0 Å². The van der Waals surface area contributed by atoms with Gasteiger partial charge in [-0.15, -0.1) is 10.2 Å². The molecular formula is C11H12BrN3O2S. The lowest BCUT2D eigenvalue weighted by Gasteiger charge is -2.12. The van der Waals surface area contributed by atoms with Crippen LogP contribution < -0.4 is 14.8 Å². The first-order valence-electron chi connectivity index (χ1n) is 5.15. The van der Waals surface area contributed by atoms with Gasteiger partial charge in [-0.1, -0.05) is 11.3 Å². The maximum absolute atomic E-state index is 5.29. The van der Waals surface area contributed by atoms with Crippen molar-refractivity contribution in [3.05, 3.63) is 27.7 Å². The average molecular weight is 330 g/mol. The van der Waals surface area contributed by atoms with Gasteiger partial charge in [0, 0.05) is 6.54 Å². The molecular weight excluding hydrogens is 318 g/mol. The molecule has 1 heterocycles. The van der Waals surface area contributed by atoms with Crippen molar-refractivity contribution in [2.24, 2.45) is 0 Å². The third-order valence-electron chi connectivity index (χ3n) is 2.30. The molecule has 0 bridgehead atoms. The molecule has 0 atom stereocenters. The molecule has 18 heavy (non-hydrogen) atoms. The molecule has 96 valence electrons. The second kappa shape index (κ2) is 6.01. The lowest BCUT2D eigenvalue weighted by atomic mass is 10.2. The molecule has 7 heteroatoms. The monoisotopic (exact) mass is 329 g/mol. The largest absolute Gasteiger partial charge is 0.493 e. The van der Waals surface area contributed by atoms with Crippen LogP contribution in [0.5, 0.6) is 11.5 Å². The number of nitrogens with one attached hydrogen (secondary N) is 1. The smallest absolute Gasteiger partial charge is 0.205 e. The highest BCUT2D eigenvalue weighted by atomic mass is 79.9. The van der Waals surface area contributed by atoms with Gasteiger partial charge in [0.2, 0.25) is 5.13 Å². The first-order chi connectivity index (χ1) is 8.74. The van der Waals surface area contributed by atoms with Crippen LogP contribution in [0.25, 0.3) is 0 Å². The SMILES string of the molecule is COc1cc(CNc2nncs2)cc(Br)c1OC. The van der Waals surface area contributed by atoms with Crippen molar-refractivity contribution in [2.45, 2.75) is 6.54 Å². The van der Waals surface area contributed by atoms with E-state index in [0.717, 1.165) is 15.2 Å². The van der Waals surface area contributed by atoms with Gasteiger partial charge in [-0.3, -0.25) is 0 Å². The fourth-order valence-electron chi connectivity index (χ4n) is 1.50. The third-order valence-corrected chi connectivity index (χ3v) is 3.54. The lowest BCUT2D eigenvalue weighted by molar-refractivity contribution is 0.352. The highest BCUT2D eigenvalue weighted by Gasteiger charge is 2.10. The number of nitrogens with zero attached hydrogens (tertiary/aromatic N) is 2. The summed E-state index contributed by atoms with van der Waals surface area (Å²) < 4.78 is 11.4. The van der Waals surface area contributed by atoms with Crippen LogP contribution in [0, 0.1) is 0 Å². The topological polar surface area (TPSA) is 56.3 Å². The number of hydrogen-bond acceptors (Lipinski definition) is 6. The van der Waals surface area contributed by atoms with Crippen LogP contribution >= 0.6 is 27.3 Å². The molecule has 0 fully saturated rings. The summed E-state index contributed by atoms with van der Waals surface area (Å²) in [6.07, 6.45) is 0. The van der Waals surface area contributed by atoms with Crippen LogP contribution in [-0.2, 0) is 6.54 Å². The Morgan fingerprint density at radius 1 is 1.33 bits per heavy atom. The molecule has 0 saturated heterocycles. The number of rotatable bonds is 5. The summed E-state index contributed by atoms with van der Waals surface area (Å²) in [5.74, 6) is 1.39. The van der Waals surface area contributed by atoms with Crippen molar-refractivity contribution in [1.29, 1.82) is 0 Å². The van der Waals surface area contributed by atoms with Crippen LogP contribution in [0.15, 0.2) is 22.1 Å². The third kappa shape index (κ3) is 2.91. The highest BCUT2D eigenvalue weighted by molar-refractivity contribution is 9.10. The molecule has 2 aromatic rings. The fraction of sp³-hybridized carbons (Fsp3) is 0.273. The minimum atomic E-state index is 0.647. The normalized spacial score (nSPS) is 10.2. The van der Waals surface area contributed by atoms with Crippen LogP contribution in [0.4, 0.5) is 5.13 Å². The van der Waals surface area contributed by atoms with E-state index in [1.54, 1.807) is 19.7 Å². The molecule has 0 unspecified atom stereocenters. The maximum Gasteiger partial charge on any atom is 0.205 e. The number of anilines is 1. The Kier molecular flexibility index (Phi) is 4.38. The zero-order chi connectivity index (χ0) is 13.0. The van der Waals surface area contributed by atoms with E-state index in [9.17, 15) is 0 Å². The summed E-state index contributed by atoms with van der Waals surface area (Å²) in [6.45, 7) is 0.647. The minimum absolute atomic E-state index is 0.647. The quantitative estimate of drug-likeness (QED) is 0.913. The Hall–Kier alpha value is -1.34. The fourth-order valence-corrected chi connectivity index (χ4v) is 2.60. The van der Waals surface area contributed by atoms with Gasteiger partial charge < -0.3 is 14.8 Å². The number of ether oxygens (including phenoxy) is 2. The average Bonchev–Trinajstić information content (AvgIpc) is 2.88. The van der Waals surface area contributed by atoms with E-state index in [1.807, 2.05) is 12.1 Å². The molecule has 0 spiro atoms. The van der Waals surface area contributed by atoms with Crippen LogP contribution in [0.2, 0.25) is 0 Å². The predicted molar refractivity (Wildman–Crippen MR) is 74.5 cm³/mol. The predicted octanol–water partition coefficient (Wildman–Crippen LogP) is 2.93. The van der Waals surface area contributed by atoms with Gasteiger partial charge >= 0.3 is 0 Å². The lowest BCUT2D eigenvalue weighted by Crippen LogP contribution is -2.01. The molecule has 5 nitrogen and oxygen atoms in total. The molecule has 2 rings (SSSR count). The van der Waals surface area contributed by atoms with E-state index in [1.165, 1.54) is 11.3 Å². The van der Waals surface area contributed by atoms with Crippen molar-refractivity contribution in [3.8, 4) is 11.5 Å². The number of halogens is 1. The number of aromatic nitrogens is 2. The Morgan fingerprint density at radius 3 is 2.78 bits per heavy atom. The van der Waals surface area contributed by atoms with Crippen molar-refractivity contribution in [2.75, 3.05) is 19.5 Å². The van der Waals surface area contributed by atoms with Gasteiger partial charge in [0.15, 0.2) is 11.5 Å². The number of methoxy groups -OCH3 is 2. The van der Waals surface area contributed by atoms with E-state index in [0.29, 0.717) is 18.0 Å². The molecule has 1 aromatic heterocycles. The van der Waals surface area contributed by atoms with Gasteiger partial charge in [-0.25, -0.2) is 0 Å². The van der Waals surface area contributed by atoms with E-state index < -0.39 is 0 Å². The molecule has 1 aromatic carbocycles. The second-order valence-corrected chi connectivity index (χ2v) is 5.10. The summed E-state index contributed by atoms with van der Waals surface area (Å²) in [5, 5.41) is 11.7. The van der Waals surface area contributed by atoms with Crippen molar-refractivity contribution in [3.63, 3.8) is 0 Å². The Bertz CT molecular complexity index is 519. The summed E-state index contributed by atoms with van der Waals surface area (Å²) in [6, 6.07) is 3.91. The highest BCUT2D eigenvalue weighted by Crippen LogP contribution is 2.36. The summed E-state index contributed by atoms with van der Waals surface area (Å²) in [7, 11) is 3.23. The van der Waals surface area contributed by atoms with E-state index in [-0.39, 0.29) is 0 Å². The Labute approximate surface area is 117 Å². The summed E-state index contributed by atoms with van der Waals surface area (Å²) >= 11 is 4.92. The van der Waals surface area contributed by atoms with E-state index in [2.05, 4.69) is 31.4 Å². The van der Waals surface area contributed by atoms with Crippen LogP contribution in [0.1, 0.15) is 5.56 Å². The van der Waals surface area contributed by atoms with Gasteiger partial charge in [-0.05, 0) is 33.6 Å². The molecule has 0 aliphatic carbocycles. The van der Waals surface area contributed by atoms with Gasteiger partial charge in [0.05, 0.1) is 18.7 Å². The first kappa shape index (κ1) is 13.1. The standard InChI is InChI=1S/C11H12BrN3O2S/c1-16-9-4-7(3-8(12)10(9)17-2)5-13-11-15-14-6-18-11/h3-4,6H,5H2,1-2H3,(H,13,15). The number of hydrogen-bond donors (Lipinski definition) is 1. The van der Waals surface area contributed by atoms with Crippen molar-refractivity contribution >= 4 is 32.4 Å². The summed E-state index contributed by atoms with van der Waals surface area (Å²) in [5.41, 5.74) is 2.75. The zero-order valence-electron chi connectivity index (χ0n) is 9.94. The van der Waals surface area contributed by atoms with Crippen LogP contribution in [0.3, 0.4) is 0 Å². The minimum Gasteiger partial charge on any atom is -0.493 e. The zero-order valence-corrected chi connectivity index (χ0v) is 12.3. The Morgan fingerprint density at radius 2 is 2.17 bits per heavy atom. The van der Waals surface area contributed by atoms with Crippen molar-refractivity contribution < 1.29 is 9.47 Å². The molecule has 0 aliphatic rings. The molecule has 0 radical (unpaired) electrons. The molecule has 0 saturated carbocycles. The van der Waals surface area contributed by atoms with Gasteiger partial charge in [0.25, 0.3) is 0 Å². The van der Waals surface area contributed by atoms with Gasteiger partial charge in [0.1, 0.15) is 5.51 Å². The molecule has 1 N–H and O–H groups in total. The molecule has 0 amide bonds. The first-order valence-corrected chi connectivity index (χ1v) is 6.82. The molecule has 0 aliphatic heterocycles.